The number of benzene rings is 1. The van der Waals surface area contributed by atoms with Gasteiger partial charge in [0.2, 0.25) is 0 Å². The monoisotopic (exact) mass is 202 g/mol. The Morgan fingerprint density at radius 3 is 2.62 bits per heavy atom. The van der Waals surface area contributed by atoms with Crippen LogP contribution in [0.2, 0.25) is 0 Å². The van der Waals surface area contributed by atoms with Crippen molar-refractivity contribution in [2.75, 3.05) is 17.8 Å². The molecule has 1 rings (SSSR count). The third-order valence-electron chi connectivity index (χ3n) is 1.35. The van der Waals surface area contributed by atoms with Gasteiger partial charge < -0.3 is 11.1 Å². The zero-order chi connectivity index (χ0) is 9.68. The number of nitrogens with two attached hydrogens (primary N) is 1. The van der Waals surface area contributed by atoms with Crippen LogP contribution in [0.15, 0.2) is 24.3 Å². The van der Waals surface area contributed by atoms with E-state index in [-0.39, 0.29) is 6.73 Å². The molecule has 0 amide bonds. The van der Waals surface area contributed by atoms with E-state index in [1.165, 1.54) is 0 Å². The Labute approximate surface area is 78.4 Å². The van der Waals surface area contributed by atoms with Crippen LogP contribution >= 0.6 is 0 Å². The lowest BCUT2D eigenvalue weighted by atomic mass is 10.3. The summed E-state index contributed by atoms with van der Waals surface area (Å²) >= 11 is -2.23. The summed E-state index contributed by atoms with van der Waals surface area (Å²) in [6, 6.07) is 6.94. The third kappa shape index (κ3) is 3.88. The lowest BCUT2D eigenvalue weighted by molar-refractivity contribution is 0.330. The summed E-state index contributed by atoms with van der Waals surface area (Å²) in [5.74, 6) is 0. The van der Waals surface area contributed by atoms with Crippen molar-refractivity contribution >= 4 is 22.7 Å². The van der Waals surface area contributed by atoms with E-state index in [0.717, 1.165) is 5.69 Å². The summed E-state index contributed by atoms with van der Waals surface area (Å²) in [7, 11) is 0. The molecule has 0 heterocycles. The average Bonchev–Trinajstić information content (AvgIpc) is 2.08. The van der Waals surface area contributed by atoms with Crippen molar-refractivity contribution in [2.24, 2.45) is 0 Å². The van der Waals surface area contributed by atoms with Gasteiger partial charge >= 0.3 is 11.4 Å². The summed E-state index contributed by atoms with van der Waals surface area (Å²) in [6.45, 7) is -0.0208. The largest absolute Gasteiger partial charge is 0.399 e. The van der Waals surface area contributed by atoms with E-state index >= 15 is 0 Å². The molecule has 0 saturated carbocycles. The molecule has 5 nitrogen and oxygen atoms in total. The van der Waals surface area contributed by atoms with Crippen LogP contribution in [0.3, 0.4) is 0 Å². The van der Waals surface area contributed by atoms with Crippen molar-refractivity contribution in [3.05, 3.63) is 24.3 Å². The number of rotatable bonds is 4. The topological polar surface area (TPSA) is 84.6 Å². The van der Waals surface area contributed by atoms with E-state index in [9.17, 15) is 4.21 Å². The van der Waals surface area contributed by atoms with Gasteiger partial charge in [-0.2, -0.15) is 4.21 Å². The Bertz CT molecular complexity index is 288. The van der Waals surface area contributed by atoms with Gasteiger partial charge in [-0.15, -0.1) is 0 Å². The van der Waals surface area contributed by atoms with Crippen molar-refractivity contribution < 1.29 is 12.9 Å². The highest BCUT2D eigenvalue weighted by atomic mass is 32.2. The lowest BCUT2D eigenvalue weighted by Gasteiger charge is -2.04. The van der Waals surface area contributed by atoms with Gasteiger partial charge in [-0.25, -0.2) is 4.18 Å². The zero-order valence-corrected chi connectivity index (χ0v) is 7.58. The number of hydrogen-bond acceptors (Lipinski definition) is 4. The fraction of sp³-hybridized carbons (Fsp3) is 0.143. The van der Waals surface area contributed by atoms with Crippen molar-refractivity contribution in [1.29, 1.82) is 0 Å². The second kappa shape index (κ2) is 4.80. The first kappa shape index (κ1) is 9.97. The predicted octanol–water partition coefficient (Wildman–Crippen LogP) is 0.791. The van der Waals surface area contributed by atoms with Crippen molar-refractivity contribution in [2.45, 2.75) is 0 Å². The molecule has 0 bridgehead atoms. The summed E-state index contributed by atoms with van der Waals surface area (Å²) in [5.41, 5.74) is 6.90. The minimum absolute atomic E-state index is 0.0208. The van der Waals surface area contributed by atoms with Crippen LogP contribution in [0.5, 0.6) is 0 Å². The maximum absolute atomic E-state index is 10.1. The van der Waals surface area contributed by atoms with E-state index in [0.29, 0.717) is 5.69 Å². The molecule has 1 atom stereocenters. The second-order valence-electron chi connectivity index (χ2n) is 2.28. The minimum atomic E-state index is -2.23. The van der Waals surface area contributed by atoms with E-state index in [2.05, 4.69) is 9.50 Å². The molecule has 6 heteroatoms. The molecule has 0 radical (unpaired) electrons. The smallest absolute Gasteiger partial charge is 0.303 e. The van der Waals surface area contributed by atoms with Crippen molar-refractivity contribution in [1.82, 2.24) is 0 Å². The van der Waals surface area contributed by atoms with Crippen LogP contribution in [-0.2, 0) is 15.5 Å². The molecule has 1 aromatic rings. The van der Waals surface area contributed by atoms with Gasteiger partial charge in [-0.05, 0) is 24.3 Å². The molecule has 0 aliphatic carbocycles. The minimum Gasteiger partial charge on any atom is -0.399 e. The van der Waals surface area contributed by atoms with E-state index in [1.54, 1.807) is 24.3 Å². The number of nitrogens with one attached hydrogen (secondary N) is 1. The molecule has 1 aromatic carbocycles. The van der Waals surface area contributed by atoms with Crippen LogP contribution in [0.4, 0.5) is 11.4 Å². The number of hydrogen-bond donors (Lipinski definition) is 3. The molecule has 0 spiro atoms. The normalized spacial score (nSPS) is 12.4. The van der Waals surface area contributed by atoms with Crippen LogP contribution in [0.25, 0.3) is 0 Å². The number of anilines is 2. The highest BCUT2D eigenvalue weighted by Gasteiger charge is 1.93. The van der Waals surface area contributed by atoms with Crippen LogP contribution in [-0.4, -0.2) is 15.5 Å². The predicted molar refractivity (Wildman–Crippen MR) is 51.2 cm³/mol. The first-order chi connectivity index (χ1) is 6.18. The van der Waals surface area contributed by atoms with Crippen LogP contribution in [0, 0.1) is 0 Å². The Hall–Kier alpha value is -1.11. The molecule has 0 aliphatic rings. The van der Waals surface area contributed by atoms with Gasteiger partial charge in [-0.1, -0.05) is 0 Å². The fourth-order valence-electron chi connectivity index (χ4n) is 0.764. The van der Waals surface area contributed by atoms with Gasteiger partial charge in [0.05, 0.1) is 0 Å². The highest BCUT2D eigenvalue weighted by molar-refractivity contribution is 7.74. The van der Waals surface area contributed by atoms with E-state index < -0.39 is 11.4 Å². The third-order valence-corrected chi connectivity index (χ3v) is 1.67. The van der Waals surface area contributed by atoms with Crippen molar-refractivity contribution in [3.63, 3.8) is 0 Å². The number of nitrogen functional groups attached to an aromatic ring is 1. The maximum atomic E-state index is 10.1. The van der Waals surface area contributed by atoms with Gasteiger partial charge in [0.1, 0.15) is 6.73 Å². The van der Waals surface area contributed by atoms with Crippen LogP contribution < -0.4 is 11.1 Å². The Morgan fingerprint density at radius 2 is 2.08 bits per heavy atom. The fourth-order valence-corrected chi connectivity index (χ4v) is 0.924. The van der Waals surface area contributed by atoms with Gasteiger partial charge in [0, 0.05) is 11.4 Å². The molecule has 72 valence electrons. The molecule has 0 aromatic heterocycles. The first-order valence-electron chi connectivity index (χ1n) is 3.52. The van der Waals surface area contributed by atoms with Crippen LogP contribution in [0.1, 0.15) is 0 Å². The molecular formula is C7H10N2O3S. The average molecular weight is 202 g/mol. The van der Waals surface area contributed by atoms with Crippen molar-refractivity contribution in [3.8, 4) is 0 Å². The Kier molecular flexibility index (Phi) is 3.69. The summed E-state index contributed by atoms with van der Waals surface area (Å²) < 4.78 is 22.7. The molecule has 1 unspecified atom stereocenters. The van der Waals surface area contributed by atoms with E-state index in [4.69, 9.17) is 10.3 Å². The maximum Gasteiger partial charge on any atom is 0.303 e. The first-order valence-corrected chi connectivity index (χ1v) is 4.55. The molecule has 13 heavy (non-hydrogen) atoms. The molecule has 0 fully saturated rings. The zero-order valence-electron chi connectivity index (χ0n) is 6.77. The standard InChI is InChI=1S/C7H10N2O3S/c8-6-1-3-7(4-2-6)9-5-12-13(10)11/h1-4,9H,5,8H2,(H,10,11). The van der Waals surface area contributed by atoms with E-state index in [1.807, 2.05) is 0 Å². The Morgan fingerprint density at radius 1 is 1.46 bits per heavy atom. The second-order valence-corrected chi connectivity index (χ2v) is 2.95. The van der Waals surface area contributed by atoms with Gasteiger partial charge in [0.25, 0.3) is 0 Å². The summed E-state index contributed by atoms with van der Waals surface area (Å²) in [5, 5.41) is 2.77. The SMILES string of the molecule is Nc1ccc(NCOS(=O)O)cc1. The van der Waals surface area contributed by atoms with Gasteiger partial charge in [-0.3, -0.25) is 4.55 Å². The summed E-state index contributed by atoms with van der Waals surface area (Å²) in [4.78, 5) is 0. The molecule has 0 aliphatic heterocycles. The molecule has 0 saturated heterocycles. The lowest BCUT2D eigenvalue weighted by Crippen LogP contribution is -2.07. The Balaban J connectivity index is 2.37. The molecule has 4 N–H and O–H groups in total. The van der Waals surface area contributed by atoms with Gasteiger partial charge in [0.15, 0.2) is 0 Å². The highest BCUT2D eigenvalue weighted by Crippen LogP contribution is 2.09. The summed E-state index contributed by atoms with van der Waals surface area (Å²) in [6.07, 6.45) is 0. The quantitative estimate of drug-likeness (QED) is 0.382. The molecular weight excluding hydrogens is 192 g/mol.